The average molecular weight is 365 g/mol. The lowest BCUT2D eigenvalue weighted by Crippen LogP contribution is -2.40. The maximum atomic E-state index is 12.4. The quantitative estimate of drug-likeness (QED) is 0.761. The number of hydrogen-bond acceptors (Lipinski definition) is 5. The van der Waals surface area contributed by atoms with Crippen molar-refractivity contribution < 1.29 is 4.79 Å². The normalized spacial score (nSPS) is 15.0. The van der Waals surface area contributed by atoms with Crippen molar-refractivity contribution in [3.05, 3.63) is 59.4 Å². The number of carbonyl (C=O) groups excluding carboxylic acids is 1. The summed E-state index contributed by atoms with van der Waals surface area (Å²) < 4.78 is 0. The van der Waals surface area contributed by atoms with Crippen molar-refractivity contribution >= 4 is 23.1 Å². The first kappa shape index (κ1) is 16.7. The van der Waals surface area contributed by atoms with Crippen LogP contribution in [0.4, 0.5) is 10.5 Å². The zero-order chi connectivity index (χ0) is 17.8. The lowest BCUT2D eigenvalue weighted by atomic mass is 9.96. The molecule has 4 heterocycles. The number of pyridine rings is 1. The highest BCUT2D eigenvalue weighted by Crippen LogP contribution is 2.28. The molecule has 1 N–H and O–H groups in total. The molecular formula is C19H19N5OS. The van der Waals surface area contributed by atoms with Crippen LogP contribution in [0.25, 0.3) is 11.3 Å². The van der Waals surface area contributed by atoms with Gasteiger partial charge >= 0.3 is 6.03 Å². The Hall–Kier alpha value is -2.80. The third-order valence-corrected chi connectivity index (χ3v) is 5.23. The van der Waals surface area contributed by atoms with Gasteiger partial charge in [0.05, 0.1) is 17.6 Å². The van der Waals surface area contributed by atoms with Gasteiger partial charge in [-0.15, -0.1) is 0 Å². The molecule has 0 spiro atoms. The lowest BCUT2D eigenvalue weighted by Gasteiger charge is -2.31. The molecule has 1 fully saturated rings. The molecule has 3 aromatic heterocycles. The molecule has 0 aromatic carbocycles. The van der Waals surface area contributed by atoms with E-state index in [0.717, 1.165) is 29.9 Å². The van der Waals surface area contributed by atoms with Crippen LogP contribution in [0.3, 0.4) is 0 Å². The Labute approximate surface area is 155 Å². The van der Waals surface area contributed by atoms with E-state index < -0.39 is 0 Å². The third kappa shape index (κ3) is 3.72. The number of nitrogens with one attached hydrogen (secondary N) is 1. The molecular weight excluding hydrogens is 346 g/mol. The van der Waals surface area contributed by atoms with Crippen molar-refractivity contribution in [1.29, 1.82) is 0 Å². The van der Waals surface area contributed by atoms with Gasteiger partial charge < -0.3 is 10.2 Å². The topological polar surface area (TPSA) is 71.0 Å². The Balaban J connectivity index is 1.38. The van der Waals surface area contributed by atoms with Gasteiger partial charge in [0.2, 0.25) is 0 Å². The number of nitrogens with zero attached hydrogens (tertiary/aromatic N) is 4. The van der Waals surface area contributed by atoms with E-state index in [1.54, 1.807) is 29.8 Å². The van der Waals surface area contributed by atoms with Gasteiger partial charge in [-0.1, -0.05) is 0 Å². The summed E-state index contributed by atoms with van der Waals surface area (Å²) >= 11 is 1.66. The highest BCUT2D eigenvalue weighted by atomic mass is 32.1. The van der Waals surface area contributed by atoms with E-state index in [4.69, 9.17) is 4.98 Å². The zero-order valence-corrected chi connectivity index (χ0v) is 15.0. The highest BCUT2D eigenvalue weighted by Gasteiger charge is 2.25. The van der Waals surface area contributed by atoms with Crippen molar-refractivity contribution in [2.45, 2.75) is 18.8 Å². The van der Waals surface area contributed by atoms with Crippen LogP contribution in [-0.2, 0) is 0 Å². The second kappa shape index (κ2) is 7.61. The predicted molar refractivity (Wildman–Crippen MR) is 102 cm³/mol. The zero-order valence-electron chi connectivity index (χ0n) is 14.2. The van der Waals surface area contributed by atoms with Crippen LogP contribution in [0.1, 0.15) is 24.6 Å². The second-order valence-corrected chi connectivity index (χ2v) is 7.03. The molecule has 1 aliphatic heterocycles. The summed E-state index contributed by atoms with van der Waals surface area (Å²) in [6, 6.07) is 7.58. The van der Waals surface area contributed by atoms with Gasteiger partial charge in [-0.3, -0.25) is 4.98 Å². The van der Waals surface area contributed by atoms with E-state index in [2.05, 4.69) is 32.1 Å². The fourth-order valence-corrected chi connectivity index (χ4v) is 3.77. The molecule has 2 amide bonds. The minimum absolute atomic E-state index is 0.0793. The molecule has 0 saturated carbocycles. The number of piperidine rings is 1. The minimum Gasteiger partial charge on any atom is -0.324 e. The van der Waals surface area contributed by atoms with Gasteiger partial charge in [0.25, 0.3) is 0 Å². The predicted octanol–water partition coefficient (Wildman–Crippen LogP) is 4.01. The molecule has 0 radical (unpaired) electrons. The van der Waals surface area contributed by atoms with Gasteiger partial charge in [0.1, 0.15) is 5.82 Å². The van der Waals surface area contributed by atoms with Crippen LogP contribution in [-0.4, -0.2) is 39.0 Å². The number of carbonyl (C=O) groups is 1. The van der Waals surface area contributed by atoms with Crippen molar-refractivity contribution in [3.63, 3.8) is 0 Å². The first-order chi connectivity index (χ1) is 12.8. The van der Waals surface area contributed by atoms with Crippen LogP contribution >= 0.6 is 11.3 Å². The van der Waals surface area contributed by atoms with Crippen molar-refractivity contribution in [2.24, 2.45) is 0 Å². The van der Waals surface area contributed by atoms with Gasteiger partial charge in [-0.05, 0) is 42.5 Å². The van der Waals surface area contributed by atoms with Gasteiger partial charge in [-0.2, -0.15) is 11.3 Å². The first-order valence-corrected chi connectivity index (χ1v) is 9.55. The first-order valence-electron chi connectivity index (χ1n) is 8.61. The van der Waals surface area contributed by atoms with Crippen LogP contribution in [0.5, 0.6) is 0 Å². The molecule has 7 heteroatoms. The number of amides is 2. The maximum Gasteiger partial charge on any atom is 0.321 e. The fraction of sp³-hybridized carbons (Fsp3) is 0.263. The number of urea groups is 1. The molecule has 1 saturated heterocycles. The van der Waals surface area contributed by atoms with Gasteiger partial charge in [0.15, 0.2) is 0 Å². The molecule has 3 aromatic rings. The number of rotatable bonds is 3. The standard InChI is InChI=1S/C19H19N5OS/c25-19(22-16-2-1-7-20-12-16)24-9-4-14(5-10-24)18-21-8-3-17(23-18)15-6-11-26-13-15/h1-3,6-8,11-14H,4-5,9-10H2,(H,22,25). The summed E-state index contributed by atoms with van der Waals surface area (Å²) in [6.07, 6.45) is 6.90. The van der Waals surface area contributed by atoms with Crippen LogP contribution < -0.4 is 5.32 Å². The van der Waals surface area contributed by atoms with E-state index in [9.17, 15) is 4.79 Å². The van der Waals surface area contributed by atoms with E-state index in [-0.39, 0.29) is 11.9 Å². The summed E-state index contributed by atoms with van der Waals surface area (Å²) in [5, 5.41) is 7.04. The number of thiophene rings is 1. The average Bonchev–Trinajstić information content (AvgIpc) is 3.24. The smallest absolute Gasteiger partial charge is 0.321 e. The Morgan fingerprint density at radius 1 is 1.19 bits per heavy atom. The summed E-state index contributed by atoms with van der Waals surface area (Å²) in [4.78, 5) is 27.5. The summed E-state index contributed by atoms with van der Waals surface area (Å²) in [5.41, 5.74) is 2.81. The van der Waals surface area contributed by atoms with E-state index in [1.807, 2.05) is 23.2 Å². The van der Waals surface area contributed by atoms with E-state index in [1.165, 1.54) is 0 Å². The molecule has 0 atom stereocenters. The summed E-state index contributed by atoms with van der Waals surface area (Å²) in [5.74, 6) is 1.16. The monoisotopic (exact) mass is 365 g/mol. The maximum absolute atomic E-state index is 12.4. The third-order valence-electron chi connectivity index (χ3n) is 4.55. The SMILES string of the molecule is O=C(Nc1cccnc1)N1CCC(c2nccc(-c3ccsc3)n2)CC1. The molecule has 26 heavy (non-hydrogen) atoms. The number of anilines is 1. The van der Waals surface area contributed by atoms with Gasteiger partial charge in [-0.25, -0.2) is 14.8 Å². The summed E-state index contributed by atoms with van der Waals surface area (Å²) in [7, 11) is 0. The number of hydrogen-bond donors (Lipinski definition) is 1. The van der Waals surface area contributed by atoms with Crippen molar-refractivity contribution in [2.75, 3.05) is 18.4 Å². The molecule has 0 unspecified atom stereocenters. The molecule has 0 bridgehead atoms. The fourth-order valence-electron chi connectivity index (χ4n) is 3.12. The van der Waals surface area contributed by atoms with Gasteiger partial charge in [0, 0.05) is 42.3 Å². The highest BCUT2D eigenvalue weighted by molar-refractivity contribution is 7.08. The minimum atomic E-state index is -0.0793. The molecule has 132 valence electrons. The van der Waals surface area contributed by atoms with E-state index >= 15 is 0 Å². The van der Waals surface area contributed by atoms with Crippen molar-refractivity contribution in [3.8, 4) is 11.3 Å². The Kier molecular flexibility index (Phi) is 4.88. The molecule has 0 aliphatic carbocycles. The van der Waals surface area contributed by atoms with Crippen molar-refractivity contribution in [1.82, 2.24) is 19.9 Å². The van der Waals surface area contributed by atoms with Crippen LogP contribution in [0, 0.1) is 0 Å². The van der Waals surface area contributed by atoms with E-state index in [0.29, 0.717) is 18.8 Å². The largest absolute Gasteiger partial charge is 0.324 e. The lowest BCUT2D eigenvalue weighted by molar-refractivity contribution is 0.193. The molecule has 6 nitrogen and oxygen atoms in total. The Bertz CT molecular complexity index is 861. The second-order valence-electron chi connectivity index (χ2n) is 6.25. The summed E-state index contributed by atoms with van der Waals surface area (Å²) in [6.45, 7) is 1.39. The number of aromatic nitrogens is 3. The molecule has 1 aliphatic rings. The number of likely N-dealkylation sites (tertiary alicyclic amines) is 1. The molecule has 4 rings (SSSR count). The van der Waals surface area contributed by atoms with Crippen LogP contribution in [0.2, 0.25) is 0 Å². The Morgan fingerprint density at radius 3 is 2.81 bits per heavy atom. The van der Waals surface area contributed by atoms with Crippen LogP contribution in [0.15, 0.2) is 53.6 Å². The Morgan fingerprint density at radius 2 is 2.08 bits per heavy atom.